The Hall–Kier alpha value is -0.890. The fourth-order valence-electron chi connectivity index (χ4n) is 1.83. The molecule has 0 aromatic heterocycles. The van der Waals surface area contributed by atoms with Gasteiger partial charge in [-0.05, 0) is 50.4 Å². The first-order chi connectivity index (χ1) is 7.63. The van der Waals surface area contributed by atoms with E-state index in [1.165, 1.54) is 0 Å². The molecule has 0 bridgehead atoms. The lowest BCUT2D eigenvalue weighted by Gasteiger charge is -2.13. The summed E-state index contributed by atoms with van der Waals surface area (Å²) in [6.45, 7) is 8.31. The predicted molar refractivity (Wildman–Crippen MR) is 67.2 cm³/mol. The molecule has 0 saturated heterocycles. The van der Waals surface area contributed by atoms with E-state index < -0.39 is 0 Å². The first kappa shape index (κ1) is 13.2. The molecule has 16 heavy (non-hydrogen) atoms. The van der Waals surface area contributed by atoms with Crippen LogP contribution < -0.4 is 5.32 Å². The molecule has 0 radical (unpaired) electrons. The number of nitrogens with one attached hydrogen (secondary N) is 1. The van der Waals surface area contributed by atoms with Crippen molar-refractivity contribution in [2.75, 3.05) is 13.1 Å². The summed E-state index contributed by atoms with van der Waals surface area (Å²) in [7, 11) is 0. The highest BCUT2D eigenvalue weighted by molar-refractivity contribution is 5.24. The van der Waals surface area contributed by atoms with Crippen LogP contribution in [0.15, 0.2) is 18.2 Å². The third-order valence-corrected chi connectivity index (χ3v) is 2.69. The normalized spacial score (nSPS) is 12.8. The Morgan fingerprint density at radius 2 is 2.12 bits per heavy atom. The molecule has 1 unspecified atom stereocenters. The third-order valence-electron chi connectivity index (χ3n) is 2.69. The quantitative estimate of drug-likeness (QED) is 0.730. The van der Waals surface area contributed by atoms with Gasteiger partial charge in [0.25, 0.3) is 0 Å². The van der Waals surface area contributed by atoms with Gasteiger partial charge in [0.05, 0.1) is 0 Å². The Morgan fingerprint density at radius 3 is 2.81 bits per heavy atom. The molecule has 1 rings (SSSR count). The summed E-state index contributed by atoms with van der Waals surface area (Å²) < 4.78 is 13.5. The van der Waals surface area contributed by atoms with E-state index in [4.69, 9.17) is 0 Å². The SMILES string of the molecule is CCCNCC(C)Cc1cc(C)ccc1F. The topological polar surface area (TPSA) is 12.0 Å². The summed E-state index contributed by atoms with van der Waals surface area (Å²) >= 11 is 0. The van der Waals surface area contributed by atoms with E-state index in [0.717, 1.165) is 37.1 Å². The van der Waals surface area contributed by atoms with E-state index in [0.29, 0.717) is 5.92 Å². The van der Waals surface area contributed by atoms with Crippen molar-refractivity contribution in [2.24, 2.45) is 5.92 Å². The molecule has 0 aliphatic heterocycles. The minimum absolute atomic E-state index is 0.0760. The lowest BCUT2D eigenvalue weighted by Crippen LogP contribution is -2.23. The average molecular weight is 223 g/mol. The smallest absolute Gasteiger partial charge is 0.126 e. The van der Waals surface area contributed by atoms with Gasteiger partial charge in [0.15, 0.2) is 0 Å². The lowest BCUT2D eigenvalue weighted by atomic mass is 9.99. The second kappa shape index (κ2) is 6.64. The van der Waals surface area contributed by atoms with Crippen LogP contribution in [0, 0.1) is 18.7 Å². The third kappa shape index (κ3) is 4.31. The number of benzene rings is 1. The van der Waals surface area contributed by atoms with Gasteiger partial charge in [0.1, 0.15) is 5.82 Å². The molecular formula is C14H22FN. The zero-order valence-electron chi connectivity index (χ0n) is 10.5. The van der Waals surface area contributed by atoms with Gasteiger partial charge in [-0.15, -0.1) is 0 Å². The highest BCUT2D eigenvalue weighted by atomic mass is 19.1. The Bertz CT molecular complexity index is 323. The van der Waals surface area contributed by atoms with Gasteiger partial charge in [-0.1, -0.05) is 31.5 Å². The molecule has 0 aliphatic carbocycles. The molecule has 1 aromatic rings. The van der Waals surface area contributed by atoms with E-state index in [9.17, 15) is 4.39 Å². The van der Waals surface area contributed by atoms with Gasteiger partial charge in [-0.2, -0.15) is 0 Å². The van der Waals surface area contributed by atoms with Crippen molar-refractivity contribution in [3.63, 3.8) is 0 Å². The number of hydrogen-bond acceptors (Lipinski definition) is 1. The molecule has 90 valence electrons. The van der Waals surface area contributed by atoms with Crippen molar-refractivity contribution in [1.82, 2.24) is 5.32 Å². The maximum absolute atomic E-state index is 13.5. The van der Waals surface area contributed by atoms with Crippen LogP contribution in [0.2, 0.25) is 0 Å². The van der Waals surface area contributed by atoms with E-state index in [2.05, 4.69) is 19.2 Å². The van der Waals surface area contributed by atoms with E-state index in [-0.39, 0.29) is 5.82 Å². The minimum atomic E-state index is -0.0760. The Labute approximate surface area is 98.1 Å². The first-order valence-corrected chi connectivity index (χ1v) is 6.09. The van der Waals surface area contributed by atoms with Crippen molar-refractivity contribution < 1.29 is 4.39 Å². The van der Waals surface area contributed by atoms with Crippen molar-refractivity contribution in [3.05, 3.63) is 35.1 Å². The molecule has 0 saturated carbocycles. The van der Waals surface area contributed by atoms with Crippen molar-refractivity contribution >= 4 is 0 Å². The van der Waals surface area contributed by atoms with Crippen LogP contribution >= 0.6 is 0 Å². The van der Waals surface area contributed by atoms with Gasteiger partial charge in [0, 0.05) is 0 Å². The van der Waals surface area contributed by atoms with Crippen LogP contribution in [0.3, 0.4) is 0 Å². The lowest BCUT2D eigenvalue weighted by molar-refractivity contribution is 0.497. The van der Waals surface area contributed by atoms with Gasteiger partial charge >= 0.3 is 0 Å². The summed E-state index contributed by atoms with van der Waals surface area (Å²) in [5.41, 5.74) is 1.97. The Balaban J connectivity index is 2.48. The number of rotatable bonds is 6. The predicted octanol–water partition coefficient (Wildman–Crippen LogP) is 3.31. The standard InChI is InChI=1S/C14H22FN/c1-4-7-16-10-12(3)9-13-8-11(2)5-6-14(13)15/h5-6,8,12,16H,4,7,9-10H2,1-3H3. The Morgan fingerprint density at radius 1 is 1.38 bits per heavy atom. The van der Waals surface area contributed by atoms with Crippen molar-refractivity contribution in [3.8, 4) is 0 Å². The van der Waals surface area contributed by atoms with Gasteiger partial charge in [-0.3, -0.25) is 0 Å². The summed E-state index contributed by atoms with van der Waals surface area (Å²) in [6.07, 6.45) is 1.95. The summed E-state index contributed by atoms with van der Waals surface area (Å²) in [5.74, 6) is 0.399. The Kier molecular flexibility index (Phi) is 5.47. The average Bonchev–Trinajstić information content (AvgIpc) is 2.24. The van der Waals surface area contributed by atoms with Gasteiger partial charge in [-0.25, -0.2) is 4.39 Å². The van der Waals surface area contributed by atoms with Crippen LogP contribution in [0.5, 0.6) is 0 Å². The van der Waals surface area contributed by atoms with Crippen molar-refractivity contribution in [1.29, 1.82) is 0 Å². The fourth-order valence-corrected chi connectivity index (χ4v) is 1.83. The molecule has 1 atom stereocenters. The largest absolute Gasteiger partial charge is 0.316 e. The number of halogens is 1. The number of hydrogen-bond donors (Lipinski definition) is 1. The fraction of sp³-hybridized carbons (Fsp3) is 0.571. The molecular weight excluding hydrogens is 201 g/mol. The second-order valence-electron chi connectivity index (χ2n) is 4.61. The first-order valence-electron chi connectivity index (χ1n) is 6.09. The van der Waals surface area contributed by atoms with Gasteiger partial charge < -0.3 is 5.32 Å². The van der Waals surface area contributed by atoms with E-state index in [1.54, 1.807) is 6.07 Å². The maximum Gasteiger partial charge on any atom is 0.126 e. The van der Waals surface area contributed by atoms with Gasteiger partial charge in [0.2, 0.25) is 0 Å². The highest BCUT2D eigenvalue weighted by Gasteiger charge is 2.07. The highest BCUT2D eigenvalue weighted by Crippen LogP contribution is 2.14. The number of aryl methyl sites for hydroxylation is 1. The molecule has 0 spiro atoms. The van der Waals surface area contributed by atoms with E-state index >= 15 is 0 Å². The molecule has 0 amide bonds. The minimum Gasteiger partial charge on any atom is -0.316 e. The zero-order valence-corrected chi connectivity index (χ0v) is 10.5. The summed E-state index contributed by atoms with van der Waals surface area (Å²) in [6, 6.07) is 5.33. The zero-order chi connectivity index (χ0) is 12.0. The van der Waals surface area contributed by atoms with Crippen LogP contribution in [0.4, 0.5) is 4.39 Å². The van der Waals surface area contributed by atoms with Crippen LogP contribution in [-0.4, -0.2) is 13.1 Å². The molecule has 0 aliphatic rings. The molecule has 2 heteroatoms. The second-order valence-corrected chi connectivity index (χ2v) is 4.61. The molecule has 1 aromatic carbocycles. The van der Waals surface area contributed by atoms with Crippen LogP contribution in [-0.2, 0) is 6.42 Å². The molecule has 0 fully saturated rings. The van der Waals surface area contributed by atoms with Crippen LogP contribution in [0.1, 0.15) is 31.4 Å². The summed E-state index contributed by atoms with van der Waals surface area (Å²) in [5, 5.41) is 3.37. The van der Waals surface area contributed by atoms with Crippen molar-refractivity contribution in [2.45, 2.75) is 33.6 Å². The van der Waals surface area contributed by atoms with Crippen LogP contribution in [0.25, 0.3) is 0 Å². The maximum atomic E-state index is 13.5. The van der Waals surface area contributed by atoms with E-state index in [1.807, 2.05) is 19.1 Å². The summed E-state index contributed by atoms with van der Waals surface area (Å²) in [4.78, 5) is 0. The molecule has 1 N–H and O–H groups in total. The molecule has 0 heterocycles. The monoisotopic (exact) mass is 223 g/mol. The molecule has 1 nitrogen and oxygen atoms in total.